The maximum atomic E-state index is 8.48. The molecule has 12 heavy (non-hydrogen) atoms. The zero-order chi connectivity index (χ0) is 8.97. The maximum absolute atomic E-state index is 8.48. The Hall–Kier alpha value is -0.550. The Morgan fingerprint density at radius 1 is 1.58 bits per heavy atom. The lowest BCUT2D eigenvalue weighted by atomic mass is 9.99. The van der Waals surface area contributed by atoms with E-state index in [-0.39, 0.29) is 6.10 Å². The van der Waals surface area contributed by atoms with Crippen LogP contribution in [0.25, 0.3) is 0 Å². The normalized spacial score (nSPS) is 31.4. The van der Waals surface area contributed by atoms with E-state index in [2.05, 4.69) is 19.9 Å². The van der Waals surface area contributed by atoms with E-state index in [0.29, 0.717) is 18.4 Å². The Labute approximate surface area is 74.5 Å². The molecule has 0 spiro atoms. The van der Waals surface area contributed by atoms with Crippen LogP contribution in [0.15, 0.2) is 0 Å². The second kappa shape index (κ2) is 4.47. The second-order valence-electron chi connectivity index (χ2n) is 3.62. The highest BCUT2D eigenvalue weighted by molar-refractivity contribution is 4.83. The lowest BCUT2D eigenvalue weighted by molar-refractivity contribution is 0.0167. The fourth-order valence-corrected chi connectivity index (χ4v) is 1.67. The van der Waals surface area contributed by atoms with Crippen LogP contribution >= 0.6 is 0 Å². The van der Waals surface area contributed by atoms with Crippen LogP contribution in [0, 0.1) is 17.2 Å². The van der Waals surface area contributed by atoms with Crippen molar-refractivity contribution in [2.45, 2.75) is 51.7 Å². The minimum atomic E-state index is 0.217. The van der Waals surface area contributed by atoms with Gasteiger partial charge in [0, 0.05) is 0 Å². The number of hydrogen-bond donors (Lipinski definition) is 0. The smallest absolute Gasteiger partial charge is 0.0709 e. The summed E-state index contributed by atoms with van der Waals surface area (Å²) in [6.45, 7) is 4.41. The molecular formula is C10H17NO. The predicted molar refractivity (Wildman–Crippen MR) is 47.6 cm³/mol. The van der Waals surface area contributed by atoms with Gasteiger partial charge in [0.2, 0.25) is 0 Å². The van der Waals surface area contributed by atoms with E-state index in [4.69, 9.17) is 10.00 Å². The van der Waals surface area contributed by atoms with E-state index in [1.54, 1.807) is 0 Å². The number of ether oxygens (including phenoxy) is 1. The Morgan fingerprint density at radius 2 is 2.33 bits per heavy atom. The van der Waals surface area contributed by atoms with Crippen LogP contribution in [0.1, 0.15) is 39.5 Å². The number of hydrogen-bond acceptors (Lipinski definition) is 2. The average molecular weight is 167 g/mol. The van der Waals surface area contributed by atoms with Gasteiger partial charge in [0.05, 0.1) is 24.7 Å². The van der Waals surface area contributed by atoms with Gasteiger partial charge in [-0.15, -0.1) is 0 Å². The van der Waals surface area contributed by atoms with Crippen molar-refractivity contribution in [3.8, 4) is 6.07 Å². The molecule has 0 saturated carbocycles. The van der Waals surface area contributed by atoms with E-state index >= 15 is 0 Å². The molecule has 0 aromatic heterocycles. The lowest BCUT2D eigenvalue weighted by Crippen LogP contribution is -2.17. The third kappa shape index (κ3) is 2.22. The van der Waals surface area contributed by atoms with Crippen molar-refractivity contribution in [2.24, 2.45) is 5.92 Å². The molecule has 1 aliphatic heterocycles. The monoisotopic (exact) mass is 167 g/mol. The van der Waals surface area contributed by atoms with Crippen molar-refractivity contribution in [3.63, 3.8) is 0 Å². The lowest BCUT2D eigenvalue weighted by Gasteiger charge is -2.17. The zero-order valence-corrected chi connectivity index (χ0v) is 7.92. The summed E-state index contributed by atoms with van der Waals surface area (Å²) in [5.41, 5.74) is 0. The summed E-state index contributed by atoms with van der Waals surface area (Å²) in [6, 6.07) is 2.16. The van der Waals surface area contributed by atoms with Crippen LogP contribution < -0.4 is 0 Å². The molecule has 0 aromatic rings. The van der Waals surface area contributed by atoms with E-state index < -0.39 is 0 Å². The van der Waals surface area contributed by atoms with Gasteiger partial charge in [0.25, 0.3) is 0 Å². The van der Waals surface area contributed by atoms with Crippen LogP contribution in [0.4, 0.5) is 0 Å². The quantitative estimate of drug-likeness (QED) is 0.647. The van der Waals surface area contributed by atoms with Gasteiger partial charge in [-0.2, -0.15) is 5.26 Å². The summed E-state index contributed by atoms with van der Waals surface area (Å²) >= 11 is 0. The third-order valence-electron chi connectivity index (χ3n) is 2.74. The second-order valence-corrected chi connectivity index (χ2v) is 3.62. The molecule has 0 N–H and O–H groups in total. The molecule has 68 valence electrons. The molecule has 0 radical (unpaired) electrons. The summed E-state index contributed by atoms with van der Waals surface area (Å²) < 4.78 is 5.73. The molecule has 1 fully saturated rings. The number of nitriles is 1. The largest absolute Gasteiger partial charge is 0.374 e. The molecule has 1 aliphatic rings. The molecule has 1 heterocycles. The number of rotatable bonds is 3. The molecular weight excluding hydrogens is 150 g/mol. The Bertz CT molecular complexity index is 173. The van der Waals surface area contributed by atoms with E-state index in [1.807, 2.05) is 0 Å². The molecule has 0 amide bonds. The third-order valence-corrected chi connectivity index (χ3v) is 2.74. The van der Waals surface area contributed by atoms with Gasteiger partial charge >= 0.3 is 0 Å². The van der Waals surface area contributed by atoms with Gasteiger partial charge < -0.3 is 4.74 Å². The fourth-order valence-electron chi connectivity index (χ4n) is 1.67. The van der Waals surface area contributed by atoms with Crippen LogP contribution in [-0.4, -0.2) is 12.2 Å². The van der Waals surface area contributed by atoms with Gasteiger partial charge in [0.1, 0.15) is 0 Å². The SMILES string of the molecule is CCC(C)C1CCC(CC#N)O1. The highest BCUT2D eigenvalue weighted by Gasteiger charge is 2.27. The first kappa shape index (κ1) is 9.54. The number of nitrogens with zero attached hydrogens (tertiary/aromatic N) is 1. The van der Waals surface area contributed by atoms with Gasteiger partial charge in [-0.1, -0.05) is 20.3 Å². The zero-order valence-electron chi connectivity index (χ0n) is 7.92. The van der Waals surface area contributed by atoms with E-state index in [0.717, 1.165) is 12.8 Å². The molecule has 1 saturated heterocycles. The van der Waals surface area contributed by atoms with Crippen molar-refractivity contribution in [1.29, 1.82) is 5.26 Å². The fraction of sp³-hybridized carbons (Fsp3) is 0.900. The molecule has 0 aliphatic carbocycles. The predicted octanol–water partition coefficient (Wildman–Crippen LogP) is 2.49. The molecule has 3 unspecified atom stereocenters. The van der Waals surface area contributed by atoms with Crippen molar-refractivity contribution in [3.05, 3.63) is 0 Å². The summed E-state index contributed by atoms with van der Waals surface area (Å²) in [5, 5.41) is 8.48. The van der Waals surface area contributed by atoms with Crippen LogP contribution in [-0.2, 0) is 4.74 Å². The van der Waals surface area contributed by atoms with Crippen LogP contribution in [0.5, 0.6) is 0 Å². The topological polar surface area (TPSA) is 33.0 Å². The van der Waals surface area contributed by atoms with Crippen molar-refractivity contribution in [2.75, 3.05) is 0 Å². The summed E-state index contributed by atoms with van der Waals surface area (Å²) in [6.07, 6.45) is 4.57. The van der Waals surface area contributed by atoms with Crippen molar-refractivity contribution in [1.82, 2.24) is 0 Å². The van der Waals surface area contributed by atoms with Crippen LogP contribution in [0.2, 0.25) is 0 Å². The highest BCUT2D eigenvalue weighted by atomic mass is 16.5. The van der Waals surface area contributed by atoms with Crippen molar-refractivity contribution < 1.29 is 4.74 Å². The Balaban J connectivity index is 2.31. The minimum Gasteiger partial charge on any atom is -0.374 e. The van der Waals surface area contributed by atoms with Crippen molar-refractivity contribution >= 4 is 0 Å². The highest BCUT2D eigenvalue weighted by Crippen LogP contribution is 2.28. The summed E-state index contributed by atoms with van der Waals surface area (Å²) in [5.74, 6) is 0.647. The average Bonchev–Trinajstić information content (AvgIpc) is 2.52. The molecule has 3 atom stereocenters. The summed E-state index contributed by atoms with van der Waals surface area (Å²) in [7, 11) is 0. The first-order valence-corrected chi connectivity index (χ1v) is 4.80. The first-order valence-electron chi connectivity index (χ1n) is 4.80. The van der Waals surface area contributed by atoms with E-state index in [9.17, 15) is 0 Å². The molecule has 1 rings (SSSR count). The molecule has 2 nitrogen and oxygen atoms in total. The standard InChI is InChI=1S/C10H17NO/c1-3-8(2)10-5-4-9(12-10)6-7-11/h8-10H,3-6H2,1-2H3. The van der Waals surface area contributed by atoms with Gasteiger partial charge in [-0.25, -0.2) is 0 Å². The molecule has 0 bridgehead atoms. The molecule has 2 heteroatoms. The van der Waals surface area contributed by atoms with Gasteiger partial charge in [-0.05, 0) is 18.8 Å². The van der Waals surface area contributed by atoms with Crippen LogP contribution in [0.3, 0.4) is 0 Å². The van der Waals surface area contributed by atoms with Gasteiger partial charge in [0.15, 0.2) is 0 Å². The minimum absolute atomic E-state index is 0.217. The maximum Gasteiger partial charge on any atom is 0.0709 e. The summed E-state index contributed by atoms with van der Waals surface area (Å²) in [4.78, 5) is 0. The molecule has 0 aromatic carbocycles. The Morgan fingerprint density at radius 3 is 2.92 bits per heavy atom. The van der Waals surface area contributed by atoms with Gasteiger partial charge in [-0.3, -0.25) is 0 Å². The first-order chi connectivity index (χ1) is 5.77. The van der Waals surface area contributed by atoms with E-state index in [1.165, 1.54) is 6.42 Å². The Kier molecular flexibility index (Phi) is 3.55.